The molecular formula is C24H19N4O2P. The van der Waals surface area contributed by atoms with Gasteiger partial charge in [-0.2, -0.15) is 0 Å². The standard InChI is InChI=1S/C24H19N4O2P/c29-23-15-24(25-22-14-8-7-13-21(22)23)28-16-18(26-27-28)17-31(30,19-9-3-1-4-10-19)20-11-5-2-6-12-20/h1-16H,17H2,(H,25,29). The SMILES string of the molecule is O=c1cc(-n2cc(CP(=O)(c3ccccc3)c3ccccc3)nn2)[nH]c2ccccc12. The number of fused-ring (bicyclic) bond motifs is 1. The summed E-state index contributed by atoms with van der Waals surface area (Å²) in [5, 5.41) is 10.6. The Morgan fingerprint density at radius 1 is 0.839 bits per heavy atom. The van der Waals surface area contributed by atoms with Crippen LogP contribution >= 0.6 is 7.14 Å². The van der Waals surface area contributed by atoms with Crippen LogP contribution in [0.5, 0.6) is 0 Å². The summed E-state index contributed by atoms with van der Waals surface area (Å²) in [6.45, 7) is 0. The summed E-state index contributed by atoms with van der Waals surface area (Å²) in [5.41, 5.74) is 1.21. The number of para-hydroxylation sites is 1. The minimum Gasteiger partial charge on any atom is -0.339 e. The molecule has 0 aliphatic heterocycles. The highest BCUT2D eigenvalue weighted by molar-refractivity contribution is 7.78. The fraction of sp³-hybridized carbons (Fsp3) is 0.0417. The van der Waals surface area contributed by atoms with Crippen LogP contribution in [0.1, 0.15) is 5.69 Å². The predicted octanol–water partition coefficient (Wildman–Crippen LogP) is 3.62. The van der Waals surface area contributed by atoms with E-state index in [9.17, 15) is 9.36 Å². The van der Waals surface area contributed by atoms with E-state index in [1.54, 1.807) is 12.3 Å². The molecule has 0 unspecified atom stereocenters. The molecule has 5 aromatic rings. The molecule has 0 spiro atoms. The van der Waals surface area contributed by atoms with Gasteiger partial charge in [0.05, 0.1) is 23.6 Å². The maximum atomic E-state index is 14.2. The lowest BCUT2D eigenvalue weighted by Crippen LogP contribution is -2.17. The Morgan fingerprint density at radius 3 is 2.13 bits per heavy atom. The summed E-state index contributed by atoms with van der Waals surface area (Å²) >= 11 is 0. The molecule has 7 heteroatoms. The lowest BCUT2D eigenvalue weighted by atomic mass is 10.2. The van der Waals surface area contributed by atoms with Gasteiger partial charge in [-0.25, -0.2) is 4.68 Å². The molecular weight excluding hydrogens is 407 g/mol. The monoisotopic (exact) mass is 426 g/mol. The maximum Gasteiger partial charge on any atom is 0.191 e. The van der Waals surface area contributed by atoms with Gasteiger partial charge in [0.1, 0.15) is 13.0 Å². The van der Waals surface area contributed by atoms with Crippen molar-refractivity contribution in [3.63, 3.8) is 0 Å². The van der Waals surface area contributed by atoms with Gasteiger partial charge in [0.2, 0.25) is 0 Å². The second-order valence-corrected chi connectivity index (χ2v) is 10.1. The molecule has 2 heterocycles. The lowest BCUT2D eigenvalue weighted by molar-refractivity contribution is 0.586. The Hall–Kier alpha value is -3.76. The molecule has 0 aliphatic rings. The number of aromatic nitrogens is 4. The number of benzene rings is 3. The first-order valence-electron chi connectivity index (χ1n) is 9.87. The van der Waals surface area contributed by atoms with Crippen molar-refractivity contribution in [2.24, 2.45) is 0 Å². The van der Waals surface area contributed by atoms with Crippen LogP contribution in [0.4, 0.5) is 0 Å². The van der Waals surface area contributed by atoms with Crippen LogP contribution in [0.25, 0.3) is 16.7 Å². The number of hydrogen-bond donors (Lipinski definition) is 1. The fourth-order valence-corrected chi connectivity index (χ4v) is 6.26. The summed E-state index contributed by atoms with van der Waals surface area (Å²) in [6.07, 6.45) is 1.96. The number of aromatic amines is 1. The fourth-order valence-electron chi connectivity index (χ4n) is 3.69. The Labute approximate surface area is 178 Å². The van der Waals surface area contributed by atoms with Crippen molar-refractivity contribution in [3.05, 3.63) is 113 Å². The van der Waals surface area contributed by atoms with Crippen LogP contribution < -0.4 is 16.0 Å². The first-order valence-corrected chi connectivity index (χ1v) is 11.8. The average Bonchev–Trinajstić information content (AvgIpc) is 3.28. The van der Waals surface area contributed by atoms with Crippen LogP contribution in [-0.2, 0) is 10.7 Å². The lowest BCUT2D eigenvalue weighted by Gasteiger charge is -2.18. The van der Waals surface area contributed by atoms with Crippen LogP contribution in [-0.4, -0.2) is 20.0 Å². The Morgan fingerprint density at radius 2 is 1.45 bits per heavy atom. The van der Waals surface area contributed by atoms with Crippen molar-refractivity contribution in [1.82, 2.24) is 20.0 Å². The van der Waals surface area contributed by atoms with Crippen molar-refractivity contribution in [2.75, 3.05) is 0 Å². The quantitative estimate of drug-likeness (QED) is 0.435. The van der Waals surface area contributed by atoms with Crippen molar-refractivity contribution in [3.8, 4) is 5.82 Å². The summed E-state index contributed by atoms with van der Waals surface area (Å²) in [7, 11) is -2.96. The van der Waals surface area contributed by atoms with Crippen LogP contribution in [0.2, 0.25) is 0 Å². The molecule has 0 bridgehead atoms. The van der Waals surface area contributed by atoms with E-state index in [0.29, 0.717) is 16.9 Å². The van der Waals surface area contributed by atoms with Crippen molar-refractivity contribution in [2.45, 2.75) is 6.16 Å². The van der Waals surface area contributed by atoms with Gasteiger partial charge >= 0.3 is 0 Å². The number of H-pyrrole nitrogens is 1. The van der Waals surface area contributed by atoms with Gasteiger partial charge < -0.3 is 9.55 Å². The molecule has 0 saturated heterocycles. The number of nitrogens with zero attached hydrogens (tertiary/aromatic N) is 3. The Kier molecular flexibility index (Phi) is 4.85. The third-order valence-electron chi connectivity index (χ3n) is 5.24. The van der Waals surface area contributed by atoms with E-state index < -0.39 is 7.14 Å². The zero-order chi connectivity index (χ0) is 21.3. The van der Waals surface area contributed by atoms with Gasteiger partial charge in [0, 0.05) is 22.1 Å². The Balaban J connectivity index is 1.55. The molecule has 0 saturated carbocycles. The second-order valence-electron chi connectivity index (χ2n) is 7.29. The molecule has 0 amide bonds. The number of pyridine rings is 1. The summed E-state index contributed by atoms with van der Waals surface area (Å²) in [5.74, 6) is 0.511. The van der Waals surface area contributed by atoms with Gasteiger partial charge in [-0.3, -0.25) is 4.79 Å². The minimum absolute atomic E-state index is 0.0966. The molecule has 152 valence electrons. The van der Waals surface area contributed by atoms with Gasteiger partial charge in [-0.1, -0.05) is 78.0 Å². The maximum absolute atomic E-state index is 14.2. The van der Waals surface area contributed by atoms with Crippen LogP contribution in [0.3, 0.4) is 0 Å². The largest absolute Gasteiger partial charge is 0.339 e. The zero-order valence-corrected chi connectivity index (χ0v) is 17.4. The molecule has 3 aromatic carbocycles. The second kappa shape index (κ2) is 7.82. The normalized spacial score (nSPS) is 11.6. The van der Waals surface area contributed by atoms with Crippen molar-refractivity contribution in [1.29, 1.82) is 0 Å². The van der Waals surface area contributed by atoms with E-state index in [1.165, 1.54) is 10.7 Å². The van der Waals surface area contributed by atoms with Gasteiger partial charge in [-0.15, -0.1) is 5.10 Å². The number of rotatable bonds is 5. The topological polar surface area (TPSA) is 80.6 Å². The third-order valence-corrected chi connectivity index (χ3v) is 8.28. The van der Waals surface area contributed by atoms with Gasteiger partial charge in [-0.05, 0) is 12.1 Å². The van der Waals surface area contributed by atoms with Crippen LogP contribution in [0, 0.1) is 0 Å². The van der Waals surface area contributed by atoms with E-state index in [2.05, 4.69) is 15.3 Å². The van der Waals surface area contributed by atoms with E-state index in [0.717, 1.165) is 16.1 Å². The minimum atomic E-state index is -2.96. The molecule has 1 N–H and O–H groups in total. The highest BCUT2D eigenvalue weighted by atomic mass is 31.2. The van der Waals surface area contributed by atoms with Gasteiger partial charge in [0.15, 0.2) is 5.43 Å². The summed E-state index contributed by atoms with van der Waals surface area (Å²) in [6, 6.07) is 27.7. The predicted molar refractivity (Wildman–Crippen MR) is 123 cm³/mol. The van der Waals surface area contributed by atoms with Gasteiger partial charge in [0.25, 0.3) is 0 Å². The molecule has 2 aromatic heterocycles. The highest BCUT2D eigenvalue weighted by Crippen LogP contribution is 2.46. The molecule has 0 atom stereocenters. The van der Waals surface area contributed by atoms with Crippen LogP contribution in [0.15, 0.2) is 102 Å². The zero-order valence-electron chi connectivity index (χ0n) is 16.6. The Bertz CT molecular complexity index is 1420. The summed E-state index contributed by atoms with van der Waals surface area (Å²) in [4.78, 5) is 15.7. The van der Waals surface area contributed by atoms with E-state index in [-0.39, 0.29) is 11.6 Å². The average molecular weight is 426 g/mol. The molecule has 0 fully saturated rings. The third kappa shape index (κ3) is 3.62. The molecule has 5 rings (SSSR count). The van der Waals surface area contributed by atoms with E-state index in [1.807, 2.05) is 78.9 Å². The smallest absolute Gasteiger partial charge is 0.191 e. The first-order chi connectivity index (χ1) is 15.1. The highest BCUT2D eigenvalue weighted by Gasteiger charge is 2.28. The first kappa shape index (κ1) is 19.2. The van der Waals surface area contributed by atoms with Crippen molar-refractivity contribution >= 4 is 28.7 Å². The van der Waals surface area contributed by atoms with E-state index in [4.69, 9.17) is 0 Å². The number of nitrogens with one attached hydrogen (secondary N) is 1. The number of hydrogen-bond acceptors (Lipinski definition) is 4. The van der Waals surface area contributed by atoms with Crippen molar-refractivity contribution < 1.29 is 4.57 Å². The molecule has 31 heavy (non-hydrogen) atoms. The van der Waals surface area contributed by atoms with E-state index >= 15 is 0 Å². The molecule has 0 radical (unpaired) electrons. The molecule has 0 aliphatic carbocycles. The summed E-state index contributed by atoms with van der Waals surface area (Å²) < 4.78 is 15.7. The molecule has 6 nitrogen and oxygen atoms in total.